The first-order valence-electron chi connectivity index (χ1n) is 11.4. The van der Waals surface area contributed by atoms with Crippen molar-refractivity contribution in [1.29, 1.82) is 0 Å². The summed E-state index contributed by atoms with van der Waals surface area (Å²) in [4.78, 5) is 16.7. The molecule has 0 unspecified atom stereocenters. The van der Waals surface area contributed by atoms with Crippen molar-refractivity contribution in [3.63, 3.8) is 0 Å². The van der Waals surface area contributed by atoms with E-state index in [0.717, 1.165) is 18.2 Å². The number of anilines is 1. The molecule has 0 radical (unpaired) electrons. The Morgan fingerprint density at radius 3 is 2.60 bits per heavy atom. The Labute approximate surface area is 206 Å². The first kappa shape index (κ1) is 24.1. The third-order valence-corrected chi connectivity index (χ3v) is 9.05. The van der Waals surface area contributed by atoms with Crippen molar-refractivity contribution in [3.05, 3.63) is 64.9 Å². The van der Waals surface area contributed by atoms with Crippen LogP contribution in [0.3, 0.4) is 0 Å². The summed E-state index contributed by atoms with van der Waals surface area (Å²) >= 11 is 0. The molecule has 1 heterocycles. The van der Waals surface area contributed by atoms with E-state index in [1.165, 1.54) is 30.0 Å². The van der Waals surface area contributed by atoms with Crippen LogP contribution in [-0.4, -0.2) is 39.7 Å². The average molecular weight is 520 g/mol. The number of aliphatic hydroxyl groups excluding tert-OH is 1. The van der Waals surface area contributed by atoms with Crippen LogP contribution in [0.5, 0.6) is 0 Å². The van der Waals surface area contributed by atoms with Crippen molar-refractivity contribution < 1.29 is 27.4 Å². The minimum absolute atomic E-state index is 0.00837. The number of hydrazine groups is 1. The van der Waals surface area contributed by atoms with Crippen LogP contribution in [0, 0.1) is 5.92 Å². The number of benzene rings is 2. The number of aliphatic hydroxyl groups is 1. The maximum atomic E-state index is 14.0. The molecule has 0 bridgehead atoms. The molecule has 1 atom stereocenters. The summed E-state index contributed by atoms with van der Waals surface area (Å²) in [7, 11) is -7.20. The van der Waals surface area contributed by atoms with E-state index >= 15 is 0 Å². The van der Waals surface area contributed by atoms with E-state index in [-0.39, 0.29) is 34.4 Å². The molecule has 1 aliphatic heterocycles. The van der Waals surface area contributed by atoms with Gasteiger partial charge in [0.05, 0.1) is 28.8 Å². The largest absolute Gasteiger partial charge is 0.505 e. The standard InChI is InChI=1S/C24H29N3O6S2/c1-24(12-11-15-7-8-15)19-6-4-3-5-18(19)22(28)21(23(24)29)27-14-16-9-10-17(25-34(2,30)31)13-20(16)35(32,33)26-27/h3-6,9-10,13,15,25-26,28,32-33H,7-8,11-12,14H2,1-2H3/t24-/m1/s1. The van der Waals surface area contributed by atoms with Crippen LogP contribution in [-0.2, 0) is 26.8 Å². The van der Waals surface area contributed by atoms with Gasteiger partial charge in [-0.1, -0.05) is 53.9 Å². The number of hydrogen-bond donors (Lipinski definition) is 5. The molecule has 0 aromatic heterocycles. The molecule has 35 heavy (non-hydrogen) atoms. The van der Waals surface area contributed by atoms with Crippen LogP contribution in [0.25, 0.3) is 5.76 Å². The third-order valence-electron chi connectivity index (χ3n) is 6.98. The summed E-state index contributed by atoms with van der Waals surface area (Å²) in [5, 5.41) is 12.5. The monoisotopic (exact) mass is 519 g/mol. The van der Waals surface area contributed by atoms with Crippen LogP contribution in [0.4, 0.5) is 5.69 Å². The van der Waals surface area contributed by atoms with Crippen molar-refractivity contribution in [2.75, 3.05) is 11.0 Å². The molecular weight excluding hydrogens is 490 g/mol. The predicted octanol–water partition coefficient (Wildman–Crippen LogP) is 4.36. The minimum Gasteiger partial charge on any atom is -0.505 e. The molecule has 1 fully saturated rings. The van der Waals surface area contributed by atoms with E-state index in [4.69, 9.17) is 0 Å². The average Bonchev–Trinajstić information content (AvgIpc) is 3.60. The Morgan fingerprint density at radius 1 is 1.20 bits per heavy atom. The van der Waals surface area contributed by atoms with E-state index in [2.05, 4.69) is 9.55 Å². The fraction of sp³-hybridized carbons (Fsp3) is 0.375. The highest BCUT2D eigenvalue weighted by Gasteiger charge is 2.47. The summed E-state index contributed by atoms with van der Waals surface area (Å²) in [5.41, 5.74) is 1.14. The van der Waals surface area contributed by atoms with E-state index in [9.17, 15) is 27.4 Å². The zero-order valence-electron chi connectivity index (χ0n) is 19.5. The SMILES string of the molecule is C[C@]1(CCC2CC2)C(=O)C(N2Cc3ccc(NS(C)(=O)=O)cc3S(O)(O)N2)=C(O)c2ccccc21. The third kappa shape index (κ3) is 4.43. The van der Waals surface area contributed by atoms with Gasteiger partial charge in [-0.25, -0.2) is 8.42 Å². The quantitative estimate of drug-likeness (QED) is 0.379. The summed E-state index contributed by atoms with van der Waals surface area (Å²) in [6.07, 6.45) is 4.88. The lowest BCUT2D eigenvalue weighted by Gasteiger charge is -2.47. The molecule has 0 saturated heterocycles. The van der Waals surface area contributed by atoms with Crippen LogP contribution >= 0.6 is 10.8 Å². The highest BCUT2D eigenvalue weighted by molar-refractivity contribution is 8.22. The van der Waals surface area contributed by atoms with Gasteiger partial charge in [-0.15, -0.1) is 4.83 Å². The Kier molecular flexibility index (Phi) is 5.68. The Bertz CT molecular complexity index is 1350. The summed E-state index contributed by atoms with van der Waals surface area (Å²) in [5.74, 6) is 0.128. The van der Waals surface area contributed by atoms with Gasteiger partial charge in [0, 0.05) is 5.56 Å². The molecule has 0 amide bonds. The van der Waals surface area contributed by atoms with Crippen molar-refractivity contribution in [1.82, 2.24) is 9.84 Å². The number of sulfonamides is 1. The Morgan fingerprint density at radius 2 is 1.91 bits per heavy atom. The molecule has 5 N–H and O–H groups in total. The topological polar surface area (TPSA) is 139 Å². The molecular formula is C24H29N3O6S2. The molecule has 0 spiro atoms. The first-order chi connectivity index (χ1) is 16.4. The number of ketones is 1. The second kappa shape index (κ2) is 8.24. The zero-order chi connectivity index (χ0) is 25.2. The van der Waals surface area contributed by atoms with Crippen LogP contribution < -0.4 is 9.55 Å². The highest BCUT2D eigenvalue weighted by atomic mass is 32.3. The van der Waals surface area contributed by atoms with Gasteiger partial charge < -0.3 is 5.11 Å². The Balaban J connectivity index is 1.55. The van der Waals surface area contributed by atoms with Gasteiger partial charge in [0.25, 0.3) is 0 Å². The van der Waals surface area contributed by atoms with Crippen molar-refractivity contribution in [3.8, 4) is 0 Å². The van der Waals surface area contributed by atoms with E-state index < -0.39 is 26.2 Å². The smallest absolute Gasteiger partial charge is 0.229 e. The Hall–Kier alpha value is -2.57. The second-order valence-corrected chi connectivity index (χ2v) is 13.3. The maximum Gasteiger partial charge on any atom is 0.229 e. The van der Waals surface area contributed by atoms with E-state index in [0.29, 0.717) is 23.5 Å². The van der Waals surface area contributed by atoms with Crippen molar-refractivity contribution in [2.45, 2.75) is 49.5 Å². The lowest BCUT2D eigenvalue weighted by molar-refractivity contribution is -0.122. The summed E-state index contributed by atoms with van der Waals surface area (Å²) in [6.45, 7) is 1.96. The molecule has 2 aliphatic carbocycles. The number of nitrogens with one attached hydrogen (secondary N) is 2. The summed E-state index contributed by atoms with van der Waals surface area (Å²) in [6, 6.07) is 11.8. The van der Waals surface area contributed by atoms with Gasteiger partial charge in [0.2, 0.25) is 10.0 Å². The molecule has 188 valence electrons. The van der Waals surface area contributed by atoms with Crippen molar-refractivity contribution in [2.24, 2.45) is 5.92 Å². The van der Waals surface area contributed by atoms with Crippen LogP contribution in [0.15, 0.2) is 53.1 Å². The number of carbonyl (C=O) groups is 1. The number of nitrogens with zero attached hydrogens (tertiary/aromatic N) is 1. The van der Waals surface area contributed by atoms with Crippen molar-refractivity contribution >= 4 is 38.0 Å². The molecule has 9 nitrogen and oxygen atoms in total. The van der Waals surface area contributed by atoms with Crippen LogP contribution in [0.1, 0.15) is 49.3 Å². The van der Waals surface area contributed by atoms with Gasteiger partial charge in [-0.3, -0.25) is 23.6 Å². The van der Waals surface area contributed by atoms with E-state index in [1.807, 2.05) is 19.1 Å². The lowest BCUT2D eigenvalue weighted by Crippen LogP contribution is -2.50. The molecule has 11 heteroatoms. The number of fused-ring (bicyclic) bond motifs is 2. The van der Waals surface area contributed by atoms with E-state index in [1.54, 1.807) is 18.2 Å². The van der Waals surface area contributed by atoms with Gasteiger partial charge in [-0.05, 0) is 48.9 Å². The van der Waals surface area contributed by atoms with Crippen LogP contribution in [0.2, 0.25) is 0 Å². The predicted molar refractivity (Wildman–Crippen MR) is 135 cm³/mol. The molecule has 3 aliphatic rings. The fourth-order valence-electron chi connectivity index (χ4n) is 4.95. The molecule has 2 aromatic rings. The number of hydrogen-bond acceptors (Lipinski definition) is 8. The lowest BCUT2D eigenvalue weighted by atomic mass is 9.68. The normalized spacial score (nSPS) is 24.6. The van der Waals surface area contributed by atoms with Gasteiger partial charge in [-0.2, -0.15) is 0 Å². The molecule has 2 aromatic carbocycles. The number of Topliss-reactive ketones (excluding diaryl/α,β-unsaturated/α-hetero) is 1. The molecule has 1 saturated carbocycles. The number of rotatable bonds is 6. The van der Waals surface area contributed by atoms with Gasteiger partial charge in [0.15, 0.2) is 11.5 Å². The second-order valence-electron chi connectivity index (χ2n) is 9.81. The number of carbonyl (C=O) groups excluding carboxylic acids is 1. The van der Waals surface area contributed by atoms with Gasteiger partial charge >= 0.3 is 0 Å². The van der Waals surface area contributed by atoms with Gasteiger partial charge in [0.1, 0.15) is 5.70 Å². The number of allylic oxidation sites excluding steroid dienone is 1. The summed E-state index contributed by atoms with van der Waals surface area (Å²) < 4.78 is 47.4. The fourth-order valence-corrected chi connectivity index (χ4v) is 6.85. The first-order valence-corrected chi connectivity index (χ1v) is 14.8. The zero-order valence-corrected chi connectivity index (χ0v) is 21.1. The minimum atomic E-state index is -3.65. The highest BCUT2D eigenvalue weighted by Crippen LogP contribution is 2.53. The maximum absolute atomic E-state index is 14.0. The molecule has 5 rings (SSSR count).